The van der Waals surface area contributed by atoms with Gasteiger partial charge in [0, 0.05) is 19.5 Å². The highest BCUT2D eigenvalue weighted by Gasteiger charge is 2.15. The van der Waals surface area contributed by atoms with Crippen LogP contribution in [0.4, 0.5) is 0 Å². The lowest BCUT2D eigenvalue weighted by Gasteiger charge is -2.25. The van der Waals surface area contributed by atoms with Crippen LogP contribution in [0, 0.1) is 11.3 Å². The minimum absolute atomic E-state index is 0.263. The maximum atomic E-state index is 12.0. The molecule has 3 heteroatoms. The molecule has 1 aromatic rings. The molecule has 0 spiro atoms. The molecule has 0 aliphatic carbocycles. The molecule has 0 radical (unpaired) electrons. The number of hydrogen-bond acceptors (Lipinski definition) is 2. The normalized spacial score (nSPS) is 16.8. The summed E-state index contributed by atoms with van der Waals surface area (Å²) in [7, 11) is 0. The van der Waals surface area contributed by atoms with Crippen molar-refractivity contribution in [1.29, 1.82) is 5.26 Å². The molecular weight excluding hydrogens is 224 g/mol. The summed E-state index contributed by atoms with van der Waals surface area (Å²) in [6.07, 6.45) is 5.19. The number of amides is 1. The molecule has 0 saturated carbocycles. The van der Waals surface area contributed by atoms with Crippen LogP contribution in [0.1, 0.15) is 43.2 Å². The molecule has 18 heavy (non-hydrogen) atoms. The first kappa shape index (κ1) is 12.6. The number of carbonyl (C=O) groups is 1. The van der Waals surface area contributed by atoms with Gasteiger partial charge in [-0.05, 0) is 30.5 Å². The van der Waals surface area contributed by atoms with Crippen LogP contribution in [0.15, 0.2) is 24.3 Å². The number of rotatable bonds is 2. The number of nitrogens with zero attached hydrogens (tertiary/aromatic N) is 2. The van der Waals surface area contributed by atoms with Gasteiger partial charge in [-0.15, -0.1) is 0 Å². The molecular formula is C15H18N2O. The average Bonchev–Trinajstić information content (AvgIpc) is 2.39. The summed E-state index contributed by atoms with van der Waals surface area (Å²) in [5.41, 5.74) is 1.76. The summed E-state index contributed by atoms with van der Waals surface area (Å²) >= 11 is 0. The molecule has 0 unspecified atom stereocenters. The van der Waals surface area contributed by atoms with Crippen LogP contribution in [-0.4, -0.2) is 17.4 Å². The highest BCUT2D eigenvalue weighted by atomic mass is 16.2. The Hall–Kier alpha value is -1.82. The van der Waals surface area contributed by atoms with E-state index in [1.165, 1.54) is 12.8 Å². The van der Waals surface area contributed by atoms with Crippen molar-refractivity contribution in [1.82, 2.24) is 4.90 Å². The van der Waals surface area contributed by atoms with Gasteiger partial charge in [0.1, 0.15) is 0 Å². The fourth-order valence-electron chi connectivity index (χ4n) is 2.29. The Balaban J connectivity index is 2.01. The van der Waals surface area contributed by atoms with Gasteiger partial charge in [-0.3, -0.25) is 4.79 Å². The van der Waals surface area contributed by atoms with Gasteiger partial charge < -0.3 is 4.90 Å². The summed E-state index contributed by atoms with van der Waals surface area (Å²) in [4.78, 5) is 13.9. The molecule has 1 fully saturated rings. The molecule has 1 saturated heterocycles. The largest absolute Gasteiger partial charge is 0.338 e. The van der Waals surface area contributed by atoms with Crippen LogP contribution in [0.25, 0.3) is 0 Å². The van der Waals surface area contributed by atoms with Gasteiger partial charge in [0.05, 0.1) is 11.6 Å². The number of hydrogen-bond donors (Lipinski definition) is 0. The minimum Gasteiger partial charge on any atom is -0.338 e. The molecule has 0 bridgehead atoms. The van der Waals surface area contributed by atoms with Crippen molar-refractivity contribution in [2.75, 3.05) is 6.54 Å². The summed E-state index contributed by atoms with van der Waals surface area (Å²) in [6, 6.07) is 9.59. The first-order valence-electron chi connectivity index (χ1n) is 6.56. The maximum absolute atomic E-state index is 12.0. The fourth-order valence-corrected chi connectivity index (χ4v) is 2.29. The topological polar surface area (TPSA) is 44.1 Å². The highest BCUT2D eigenvalue weighted by Crippen LogP contribution is 2.15. The Kier molecular flexibility index (Phi) is 4.35. The predicted octanol–water partition coefficient (Wildman–Crippen LogP) is 2.85. The maximum Gasteiger partial charge on any atom is 0.222 e. The fraction of sp³-hybridized carbons (Fsp3) is 0.467. The monoisotopic (exact) mass is 242 g/mol. The lowest BCUT2D eigenvalue weighted by molar-refractivity contribution is -0.132. The van der Waals surface area contributed by atoms with Crippen LogP contribution in [0.2, 0.25) is 0 Å². The van der Waals surface area contributed by atoms with E-state index < -0.39 is 0 Å². The standard InChI is InChI=1S/C15H18N2O/c16-11-13-6-8-14(9-7-13)12-17-10-4-2-1-3-5-15(17)18/h6-9H,1-5,10,12H2. The zero-order valence-corrected chi connectivity index (χ0v) is 10.6. The van der Waals surface area contributed by atoms with Crippen LogP contribution < -0.4 is 0 Å². The van der Waals surface area contributed by atoms with E-state index in [0.717, 1.165) is 24.9 Å². The average molecular weight is 242 g/mol. The van der Waals surface area contributed by atoms with Crippen LogP contribution in [0.5, 0.6) is 0 Å². The highest BCUT2D eigenvalue weighted by molar-refractivity contribution is 5.76. The Bertz CT molecular complexity index is 445. The van der Waals surface area contributed by atoms with E-state index in [1.807, 2.05) is 29.2 Å². The van der Waals surface area contributed by atoms with Crippen molar-refractivity contribution in [3.05, 3.63) is 35.4 Å². The summed E-state index contributed by atoms with van der Waals surface area (Å²) in [5.74, 6) is 0.263. The Morgan fingerprint density at radius 1 is 1.11 bits per heavy atom. The second kappa shape index (κ2) is 6.20. The minimum atomic E-state index is 0.263. The Morgan fingerprint density at radius 2 is 1.83 bits per heavy atom. The summed E-state index contributed by atoms with van der Waals surface area (Å²) in [5, 5.41) is 8.75. The van der Waals surface area contributed by atoms with Crippen molar-refractivity contribution in [3.63, 3.8) is 0 Å². The van der Waals surface area contributed by atoms with E-state index in [0.29, 0.717) is 18.5 Å². The zero-order chi connectivity index (χ0) is 12.8. The molecule has 1 heterocycles. The van der Waals surface area contributed by atoms with E-state index in [2.05, 4.69) is 6.07 Å². The second-order valence-electron chi connectivity index (χ2n) is 4.79. The number of carbonyl (C=O) groups excluding carboxylic acids is 1. The quantitative estimate of drug-likeness (QED) is 0.800. The molecule has 1 aliphatic heterocycles. The SMILES string of the molecule is N#Cc1ccc(CN2CCCCCCC2=O)cc1. The van der Waals surface area contributed by atoms with Crippen LogP contribution in [-0.2, 0) is 11.3 Å². The lowest BCUT2D eigenvalue weighted by Crippen LogP contribution is -2.32. The molecule has 0 N–H and O–H groups in total. The van der Waals surface area contributed by atoms with Gasteiger partial charge >= 0.3 is 0 Å². The van der Waals surface area contributed by atoms with Gasteiger partial charge in [-0.1, -0.05) is 25.0 Å². The Morgan fingerprint density at radius 3 is 2.56 bits per heavy atom. The first-order valence-corrected chi connectivity index (χ1v) is 6.56. The van der Waals surface area contributed by atoms with Crippen molar-refractivity contribution in [2.24, 2.45) is 0 Å². The number of likely N-dealkylation sites (tertiary alicyclic amines) is 1. The third kappa shape index (κ3) is 3.33. The van der Waals surface area contributed by atoms with Crippen molar-refractivity contribution < 1.29 is 4.79 Å². The lowest BCUT2D eigenvalue weighted by atomic mass is 10.1. The van der Waals surface area contributed by atoms with Gasteiger partial charge in [-0.2, -0.15) is 5.26 Å². The predicted molar refractivity (Wildman–Crippen MR) is 69.7 cm³/mol. The molecule has 2 rings (SSSR count). The van der Waals surface area contributed by atoms with Gasteiger partial charge in [-0.25, -0.2) is 0 Å². The van der Waals surface area contributed by atoms with Gasteiger partial charge in [0.25, 0.3) is 0 Å². The van der Waals surface area contributed by atoms with Gasteiger partial charge in [0.15, 0.2) is 0 Å². The van der Waals surface area contributed by atoms with E-state index >= 15 is 0 Å². The number of benzene rings is 1. The number of nitriles is 1. The van der Waals surface area contributed by atoms with Crippen molar-refractivity contribution in [2.45, 2.75) is 38.6 Å². The summed E-state index contributed by atoms with van der Waals surface area (Å²) in [6.45, 7) is 1.53. The molecule has 3 nitrogen and oxygen atoms in total. The molecule has 0 aromatic heterocycles. The van der Waals surface area contributed by atoms with Crippen LogP contribution in [0.3, 0.4) is 0 Å². The van der Waals surface area contributed by atoms with Gasteiger partial charge in [0.2, 0.25) is 5.91 Å². The zero-order valence-electron chi connectivity index (χ0n) is 10.6. The van der Waals surface area contributed by atoms with Crippen molar-refractivity contribution in [3.8, 4) is 6.07 Å². The third-order valence-corrected chi connectivity index (χ3v) is 3.38. The Labute approximate surface area is 108 Å². The van der Waals surface area contributed by atoms with Crippen LogP contribution >= 0.6 is 0 Å². The van der Waals surface area contributed by atoms with E-state index in [4.69, 9.17) is 5.26 Å². The van der Waals surface area contributed by atoms with Crippen molar-refractivity contribution >= 4 is 5.91 Å². The summed E-state index contributed by atoms with van der Waals surface area (Å²) < 4.78 is 0. The first-order chi connectivity index (χ1) is 8.79. The molecule has 1 aliphatic rings. The van der Waals surface area contributed by atoms with E-state index in [1.54, 1.807) is 0 Å². The molecule has 0 atom stereocenters. The molecule has 94 valence electrons. The smallest absolute Gasteiger partial charge is 0.222 e. The third-order valence-electron chi connectivity index (χ3n) is 3.38. The second-order valence-corrected chi connectivity index (χ2v) is 4.79. The van der Waals surface area contributed by atoms with E-state index in [9.17, 15) is 4.79 Å². The van der Waals surface area contributed by atoms with E-state index in [-0.39, 0.29) is 5.91 Å². The molecule has 1 aromatic carbocycles. The molecule has 1 amide bonds.